The first kappa shape index (κ1) is 35.7. The lowest BCUT2D eigenvalue weighted by atomic mass is 10.1. The second-order valence-electron chi connectivity index (χ2n) is 12.9. The summed E-state index contributed by atoms with van der Waals surface area (Å²) in [5.41, 5.74) is 2.26. The Labute approximate surface area is 288 Å². The molecule has 1 aromatic heterocycles. The van der Waals surface area contributed by atoms with E-state index in [2.05, 4.69) is 15.1 Å². The number of carboxylic acid groups (broad SMARTS) is 1. The molecular formula is C36H49N7O6. The van der Waals surface area contributed by atoms with Crippen molar-refractivity contribution in [2.24, 2.45) is 0 Å². The summed E-state index contributed by atoms with van der Waals surface area (Å²) < 4.78 is 12.0. The Hall–Kier alpha value is -4.65. The molecule has 2 amide bonds. The smallest absolute Gasteiger partial charge is 0.303 e. The number of likely N-dealkylation sites (tertiary alicyclic amines) is 1. The van der Waals surface area contributed by atoms with Gasteiger partial charge in [-0.05, 0) is 69.0 Å². The number of ether oxygens (including phenoxy) is 2. The van der Waals surface area contributed by atoms with Crippen molar-refractivity contribution in [3.63, 3.8) is 0 Å². The zero-order valence-electron chi connectivity index (χ0n) is 28.9. The molecule has 2 aromatic carbocycles. The van der Waals surface area contributed by atoms with E-state index < -0.39 is 5.97 Å². The predicted octanol–water partition coefficient (Wildman–Crippen LogP) is 3.79. The van der Waals surface area contributed by atoms with Gasteiger partial charge < -0.3 is 39.5 Å². The van der Waals surface area contributed by atoms with E-state index in [4.69, 9.17) is 24.5 Å². The van der Waals surface area contributed by atoms with E-state index in [1.807, 2.05) is 48.2 Å². The lowest BCUT2D eigenvalue weighted by Crippen LogP contribution is -2.49. The van der Waals surface area contributed by atoms with Crippen LogP contribution in [0.5, 0.6) is 11.5 Å². The normalized spacial score (nSPS) is 15.0. The summed E-state index contributed by atoms with van der Waals surface area (Å²) in [6.45, 7) is 6.63. The van der Waals surface area contributed by atoms with Gasteiger partial charge in [0.25, 0.3) is 5.91 Å². The second kappa shape index (κ2) is 17.1. The fraction of sp³-hybridized carbons (Fsp3) is 0.528. The number of benzene rings is 2. The van der Waals surface area contributed by atoms with Crippen molar-refractivity contribution in [2.75, 3.05) is 83.4 Å². The van der Waals surface area contributed by atoms with Crippen LogP contribution in [0, 0.1) is 0 Å². The van der Waals surface area contributed by atoms with E-state index >= 15 is 0 Å². The highest BCUT2D eigenvalue weighted by atomic mass is 16.5. The number of carbonyl (C=O) groups excluding carboxylic acids is 2. The van der Waals surface area contributed by atoms with E-state index in [0.717, 1.165) is 35.2 Å². The van der Waals surface area contributed by atoms with Gasteiger partial charge in [-0.25, -0.2) is 4.98 Å². The summed E-state index contributed by atoms with van der Waals surface area (Å²) >= 11 is 0. The Bertz CT molecular complexity index is 1580. The number of rotatable bonds is 16. The highest BCUT2D eigenvalue weighted by Crippen LogP contribution is 2.37. The van der Waals surface area contributed by atoms with Crippen molar-refractivity contribution in [3.8, 4) is 11.5 Å². The number of anilines is 2. The molecule has 2 aliphatic heterocycles. The number of carbonyl (C=O) groups is 3. The van der Waals surface area contributed by atoms with Crippen molar-refractivity contribution in [1.29, 1.82) is 0 Å². The van der Waals surface area contributed by atoms with Gasteiger partial charge in [0.05, 0.1) is 19.2 Å². The number of nitrogens with zero attached hydrogens (tertiary/aromatic N) is 6. The van der Waals surface area contributed by atoms with Crippen LogP contribution in [0.3, 0.4) is 0 Å². The van der Waals surface area contributed by atoms with Gasteiger partial charge in [0.15, 0.2) is 11.5 Å². The van der Waals surface area contributed by atoms with Gasteiger partial charge in [-0.1, -0.05) is 12.1 Å². The number of fused-ring (bicyclic) bond motifs is 1. The molecule has 2 aliphatic rings. The average Bonchev–Trinajstić information content (AvgIpc) is 3.64. The van der Waals surface area contributed by atoms with E-state index in [1.165, 1.54) is 25.9 Å². The fourth-order valence-electron chi connectivity index (χ4n) is 6.22. The Morgan fingerprint density at radius 1 is 0.898 bits per heavy atom. The van der Waals surface area contributed by atoms with Crippen molar-refractivity contribution >= 4 is 40.5 Å². The van der Waals surface area contributed by atoms with Gasteiger partial charge in [0.1, 0.15) is 5.82 Å². The topological polar surface area (TPSA) is 141 Å². The van der Waals surface area contributed by atoms with Crippen LogP contribution in [0.4, 0.5) is 11.8 Å². The molecule has 5 rings (SSSR count). The Morgan fingerprint density at radius 3 is 2.29 bits per heavy atom. The fourth-order valence-corrected chi connectivity index (χ4v) is 6.22. The van der Waals surface area contributed by atoms with Gasteiger partial charge in [-0.3, -0.25) is 14.4 Å². The van der Waals surface area contributed by atoms with Gasteiger partial charge in [0, 0.05) is 83.2 Å². The van der Waals surface area contributed by atoms with Gasteiger partial charge in [0.2, 0.25) is 11.9 Å². The number of carboxylic acids is 1. The van der Waals surface area contributed by atoms with Crippen LogP contribution in [0.25, 0.3) is 10.9 Å². The molecular weight excluding hydrogens is 626 g/mol. The minimum Gasteiger partial charge on any atom is -0.493 e. The Kier molecular flexibility index (Phi) is 12.5. The van der Waals surface area contributed by atoms with E-state index in [9.17, 15) is 14.4 Å². The molecule has 2 fully saturated rings. The minimum absolute atomic E-state index is 0.0385. The molecule has 0 bridgehead atoms. The first-order chi connectivity index (χ1) is 23.7. The summed E-state index contributed by atoms with van der Waals surface area (Å²) in [4.78, 5) is 54.3. The van der Waals surface area contributed by atoms with Crippen LogP contribution in [0.15, 0.2) is 36.4 Å². The van der Waals surface area contributed by atoms with Crippen LogP contribution in [0.2, 0.25) is 0 Å². The first-order valence-electron chi connectivity index (χ1n) is 17.3. The molecule has 0 saturated carbocycles. The lowest BCUT2D eigenvalue weighted by molar-refractivity contribution is -0.137. The van der Waals surface area contributed by atoms with Crippen molar-refractivity contribution in [2.45, 2.75) is 51.5 Å². The van der Waals surface area contributed by atoms with Crippen LogP contribution in [-0.4, -0.2) is 116 Å². The minimum atomic E-state index is -0.853. The summed E-state index contributed by atoms with van der Waals surface area (Å²) in [6.07, 6.45) is 4.87. The maximum Gasteiger partial charge on any atom is 0.303 e. The third-order valence-corrected chi connectivity index (χ3v) is 9.03. The summed E-state index contributed by atoms with van der Waals surface area (Å²) in [5, 5.41) is 12.4. The Morgan fingerprint density at radius 2 is 1.61 bits per heavy atom. The average molecular weight is 676 g/mol. The number of piperazine rings is 1. The number of aromatic nitrogens is 2. The highest BCUT2D eigenvalue weighted by molar-refractivity contribution is 5.95. The van der Waals surface area contributed by atoms with Crippen molar-refractivity contribution < 1.29 is 29.0 Å². The molecule has 264 valence electrons. The predicted molar refractivity (Wildman–Crippen MR) is 189 cm³/mol. The first-order valence-corrected chi connectivity index (χ1v) is 17.3. The van der Waals surface area contributed by atoms with Gasteiger partial charge >= 0.3 is 5.97 Å². The largest absolute Gasteiger partial charge is 0.493 e. The number of hydrogen-bond donors (Lipinski definition) is 2. The Balaban J connectivity index is 1.19. The molecule has 3 heterocycles. The molecule has 13 heteroatoms. The zero-order chi connectivity index (χ0) is 34.8. The van der Waals surface area contributed by atoms with Crippen LogP contribution < -0.4 is 24.6 Å². The summed E-state index contributed by atoms with van der Waals surface area (Å²) in [7, 11) is 5.49. The number of aliphatic carboxylic acids is 1. The monoisotopic (exact) mass is 675 g/mol. The van der Waals surface area contributed by atoms with Crippen molar-refractivity contribution in [1.82, 2.24) is 25.1 Å². The molecule has 0 aliphatic carbocycles. The molecule has 49 heavy (non-hydrogen) atoms. The maximum atomic E-state index is 13.4. The van der Waals surface area contributed by atoms with E-state index in [1.54, 1.807) is 19.2 Å². The summed E-state index contributed by atoms with van der Waals surface area (Å²) in [6, 6.07) is 11.2. The number of methoxy groups -OCH3 is 1. The SMILES string of the molecule is COc1cc2c(N3CCN(C(=O)c4ccc(CNC(=O)CCCCC(=O)O)cc4)CC3)nc(N(C)C)nc2cc1OCCCN1CCCC1. The molecule has 2 N–H and O–H groups in total. The third-order valence-electron chi connectivity index (χ3n) is 9.03. The quantitative estimate of drug-likeness (QED) is 0.214. The number of hydrogen-bond acceptors (Lipinski definition) is 10. The molecule has 3 aromatic rings. The standard InChI is InChI=1S/C36H49N7O6/c1-40(2)36-38-29-24-31(49-22-8-17-41-15-6-7-16-41)30(48-3)23-28(29)34(39-36)42-18-20-43(21-19-42)35(47)27-13-11-26(12-14-27)25-37-32(44)9-4-5-10-33(45)46/h11-14,23-24H,4-10,15-22,25H2,1-3H3,(H,37,44)(H,45,46). The zero-order valence-corrected chi connectivity index (χ0v) is 28.9. The van der Waals surface area contributed by atoms with E-state index in [-0.39, 0.29) is 18.2 Å². The summed E-state index contributed by atoms with van der Waals surface area (Å²) in [5.74, 6) is 1.70. The molecule has 0 spiro atoms. The maximum absolute atomic E-state index is 13.4. The molecule has 13 nitrogen and oxygen atoms in total. The van der Waals surface area contributed by atoms with Gasteiger partial charge in [-0.2, -0.15) is 4.98 Å². The van der Waals surface area contributed by atoms with Gasteiger partial charge in [-0.15, -0.1) is 0 Å². The molecule has 2 saturated heterocycles. The van der Waals surface area contributed by atoms with Crippen LogP contribution >= 0.6 is 0 Å². The number of amides is 2. The van der Waals surface area contributed by atoms with E-state index in [0.29, 0.717) is 81.6 Å². The molecule has 0 unspecified atom stereocenters. The van der Waals surface area contributed by atoms with Crippen molar-refractivity contribution in [3.05, 3.63) is 47.5 Å². The number of nitrogens with one attached hydrogen (secondary N) is 1. The molecule has 0 radical (unpaired) electrons. The highest BCUT2D eigenvalue weighted by Gasteiger charge is 2.26. The number of unbranched alkanes of at least 4 members (excludes halogenated alkanes) is 1. The third kappa shape index (κ3) is 9.71. The molecule has 0 atom stereocenters. The van der Waals surface area contributed by atoms with Crippen LogP contribution in [0.1, 0.15) is 60.9 Å². The second-order valence-corrected chi connectivity index (χ2v) is 12.9. The lowest BCUT2D eigenvalue weighted by Gasteiger charge is -2.36. The van der Waals surface area contributed by atoms with Crippen LogP contribution in [-0.2, 0) is 16.1 Å².